The third kappa shape index (κ3) is 6.53. The van der Waals surface area contributed by atoms with Gasteiger partial charge in [-0.25, -0.2) is 0 Å². The molecule has 0 spiro atoms. The third-order valence-electron chi connectivity index (χ3n) is 5.55. The van der Waals surface area contributed by atoms with Crippen molar-refractivity contribution >= 4 is 29.9 Å². The number of hydrogen-bond donors (Lipinski definition) is 1. The van der Waals surface area contributed by atoms with Gasteiger partial charge in [0.15, 0.2) is 17.5 Å². The first-order valence-electron chi connectivity index (χ1n) is 10.1. The summed E-state index contributed by atoms with van der Waals surface area (Å²) in [6, 6.07) is 4.07. The second-order valence-electron chi connectivity index (χ2n) is 7.50. The maximum absolute atomic E-state index is 5.47. The summed E-state index contributed by atoms with van der Waals surface area (Å²) < 4.78 is 16.4. The van der Waals surface area contributed by atoms with Gasteiger partial charge in [0.05, 0.1) is 21.3 Å². The third-order valence-corrected chi connectivity index (χ3v) is 5.55. The van der Waals surface area contributed by atoms with E-state index < -0.39 is 0 Å². The lowest BCUT2D eigenvalue weighted by Crippen LogP contribution is -2.52. The minimum absolute atomic E-state index is 0. The molecule has 2 fully saturated rings. The van der Waals surface area contributed by atoms with E-state index in [9.17, 15) is 0 Å². The molecule has 8 heteroatoms. The average molecular weight is 518 g/mol. The van der Waals surface area contributed by atoms with Crippen LogP contribution in [-0.2, 0) is 6.54 Å². The molecule has 29 heavy (non-hydrogen) atoms. The van der Waals surface area contributed by atoms with Gasteiger partial charge in [0.25, 0.3) is 0 Å². The Hall–Kier alpha value is -1.42. The van der Waals surface area contributed by atoms with Crippen LogP contribution in [-0.4, -0.2) is 76.9 Å². The average Bonchev–Trinajstić information content (AvgIpc) is 3.55. The molecule has 1 heterocycles. The van der Waals surface area contributed by atoms with E-state index in [0.29, 0.717) is 17.2 Å². The number of benzene rings is 1. The quantitative estimate of drug-likeness (QED) is 0.325. The molecular weight excluding hydrogens is 483 g/mol. The van der Waals surface area contributed by atoms with Crippen LogP contribution in [0.1, 0.15) is 24.8 Å². The van der Waals surface area contributed by atoms with Gasteiger partial charge >= 0.3 is 0 Å². The first-order valence-corrected chi connectivity index (χ1v) is 10.1. The van der Waals surface area contributed by atoms with Gasteiger partial charge in [-0.15, -0.1) is 24.0 Å². The van der Waals surface area contributed by atoms with Crippen LogP contribution in [0, 0.1) is 5.92 Å². The van der Waals surface area contributed by atoms with E-state index in [2.05, 4.69) is 20.1 Å². The predicted molar refractivity (Wildman–Crippen MR) is 127 cm³/mol. The second kappa shape index (κ2) is 11.7. The zero-order chi connectivity index (χ0) is 19.9. The number of guanidine groups is 1. The van der Waals surface area contributed by atoms with Crippen LogP contribution in [0.4, 0.5) is 0 Å². The molecule has 0 bridgehead atoms. The number of methoxy groups -OCH3 is 3. The monoisotopic (exact) mass is 518 g/mol. The lowest BCUT2D eigenvalue weighted by Gasteiger charge is -2.36. The molecule has 0 aromatic heterocycles. The van der Waals surface area contributed by atoms with E-state index in [1.165, 1.54) is 19.3 Å². The fourth-order valence-electron chi connectivity index (χ4n) is 3.73. The minimum Gasteiger partial charge on any atom is -0.493 e. The Morgan fingerprint density at radius 3 is 2.14 bits per heavy atom. The van der Waals surface area contributed by atoms with Crippen molar-refractivity contribution in [3.63, 3.8) is 0 Å². The fourth-order valence-corrected chi connectivity index (χ4v) is 3.73. The van der Waals surface area contributed by atoms with E-state index in [4.69, 9.17) is 14.2 Å². The van der Waals surface area contributed by atoms with Gasteiger partial charge in [-0.1, -0.05) is 12.8 Å². The Labute approximate surface area is 191 Å². The molecule has 1 N–H and O–H groups in total. The topological polar surface area (TPSA) is 58.6 Å². The molecule has 1 aliphatic heterocycles. The molecule has 7 nitrogen and oxygen atoms in total. The lowest BCUT2D eigenvalue weighted by molar-refractivity contribution is 0.172. The number of aliphatic imine (C=N–C) groups is 1. The highest BCUT2D eigenvalue weighted by Crippen LogP contribution is 2.38. The van der Waals surface area contributed by atoms with Crippen molar-refractivity contribution in [3.05, 3.63) is 17.7 Å². The SMILES string of the molecule is CN=C(NCCC1CC1)N1CCN(Cc2cc(OC)c(OC)c(OC)c2)CC1.I. The van der Waals surface area contributed by atoms with Gasteiger partial charge in [-0.2, -0.15) is 0 Å². The van der Waals surface area contributed by atoms with Crippen LogP contribution >= 0.6 is 24.0 Å². The van der Waals surface area contributed by atoms with E-state index in [-0.39, 0.29) is 24.0 Å². The molecule has 1 saturated heterocycles. The molecular formula is C21H35IN4O3. The maximum Gasteiger partial charge on any atom is 0.203 e. The Bertz CT molecular complexity index is 649. The summed E-state index contributed by atoms with van der Waals surface area (Å²) in [6.07, 6.45) is 4.07. The summed E-state index contributed by atoms with van der Waals surface area (Å²) >= 11 is 0. The number of nitrogens with zero attached hydrogens (tertiary/aromatic N) is 3. The van der Waals surface area contributed by atoms with E-state index in [1.54, 1.807) is 21.3 Å². The van der Waals surface area contributed by atoms with Crippen LogP contribution in [0.15, 0.2) is 17.1 Å². The normalized spacial score (nSPS) is 17.5. The molecule has 1 aromatic carbocycles. The van der Waals surface area contributed by atoms with Crippen molar-refractivity contribution in [1.29, 1.82) is 0 Å². The van der Waals surface area contributed by atoms with Crippen LogP contribution < -0.4 is 19.5 Å². The maximum atomic E-state index is 5.47. The number of hydrogen-bond acceptors (Lipinski definition) is 5. The molecule has 1 aliphatic carbocycles. The van der Waals surface area contributed by atoms with Gasteiger partial charge in [-0.3, -0.25) is 9.89 Å². The number of rotatable bonds is 8. The summed E-state index contributed by atoms with van der Waals surface area (Å²) in [4.78, 5) is 9.28. The summed E-state index contributed by atoms with van der Waals surface area (Å²) in [5, 5.41) is 3.53. The van der Waals surface area contributed by atoms with Crippen molar-refractivity contribution < 1.29 is 14.2 Å². The van der Waals surface area contributed by atoms with E-state index in [0.717, 1.165) is 56.7 Å². The smallest absolute Gasteiger partial charge is 0.203 e. The molecule has 1 aromatic rings. The van der Waals surface area contributed by atoms with Gasteiger partial charge in [0.2, 0.25) is 5.75 Å². The van der Waals surface area contributed by atoms with Crippen LogP contribution in [0.3, 0.4) is 0 Å². The minimum atomic E-state index is 0. The summed E-state index contributed by atoms with van der Waals surface area (Å²) in [5.74, 6) is 4.03. The number of ether oxygens (including phenoxy) is 3. The van der Waals surface area contributed by atoms with Crippen molar-refractivity contribution in [1.82, 2.24) is 15.1 Å². The zero-order valence-electron chi connectivity index (χ0n) is 18.1. The van der Waals surface area contributed by atoms with Crippen molar-refractivity contribution in [2.45, 2.75) is 25.8 Å². The molecule has 0 atom stereocenters. The Kier molecular flexibility index (Phi) is 9.61. The highest BCUT2D eigenvalue weighted by atomic mass is 127. The van der Waals surface area contributed by atoms with Crippen LogP contribution in [0.5, 0.6) is 17.2 Å². The van der Waals surface area contributed by atoms with Crippen molar-refractivity contribution in [3.8, 4) is 17.2 Å². The highest BCUT2D eigenvalue weighted by molar-refractivity contribution is 14.0. The lowest BCUT2D eigenvalue weighted by atomic mass is 10.1. The predicted octanol–water partition coefficient (Wildman–Crippen LogP) is 2.82. The fraction of sp³-hybridized carbons (Fsp3) is 0.667. The van der Waals surface area contributed by atoms with Crippen LogP contribution in [0.2, 0.25) is 0 Å². The van der Waals surface area contributed by atoms with Gasteiger partial charge in [0.1, 0.15) is 0 Å². The molecule has 1 saturated carbocycles. The number of piperazine rings is 1. The zero-order valence-corrected chi connectivity index (χ0v) is 20.4. The Morgan fingerprint density at radius 1 is 1.03 bits per heavy atom. The molecule has 0 unspecified atom stereocenters. The molecule has 0 radical (unpaired) electrons. The van der Waals surface area contributed by atoms with E-state index in [1.807, 2.05) is 19.2 Å². The molecule has 3 rings (SSSR count). The van der Waals surface area contributed by atoms with Crippen molar-refractivity contribution in [2.75, 3.05) is 61.1 Å². The molecule has 0 amide bonds. The number of nitrogens with one attached hydrogen (secondary N) is 1. The Balaban J connectivity index is 0.00000300. The molecule has 164 valence electrons. The summed E-state index contributed by atoms with van der Waals surface area (Å²) in [7, 11) is 6.82. The standard InChI is InChI=1S/C21H34N4O3.HI/c1-22-21(23-8-7-16-5-6-16)25-11-9-24(10-12-25)15-17-13-18(26-2)20(28-4)19(14-17)27-3;/h13-14,16H,5-12,15H2,1-4H3,(H,22,23);1H. The largest absolute Gasteiger partial charge is 0.493 e. The van der Waals surface area contributed by atoms with E-state index >= 15 is 0 Å². The number of halogens is 1. The first-order chi connectivity index (χ1) is 13.7. The molecule has 2 aliphatic rings. The van der Waals surface area contributed by atoms with Gasteiger partial charge in [0, 0.05) is 46.3 Å². The second-order valence-corrected chi connectivity index (χ2v) is 7.50. The first kappa shape index (κ1) is 23.9. The van der Waals surface area contributed by atoms with Crippen LogP contribution in [0.25, 0.3) is 0 Å². The van der Waals surface area contributed by atoms with Gasteiger partial charge in [-0.05, 0) is 30.0 Å². The Morgan fingerprint density at radius 2 is 1.66 bits per heavy atom. The summed E-state index contributed by atoms with van der Waals surface area (Å²) in [6.45, 7) is 5.85. The van der Waals surface area contributed by atoms with Crippen molar-refractivity contribution in [2.24, 2.45) is 10.9 Å². The summed E-state index contributed by atoms with van der Waals surface area (Å²) in [5.41, 5.74) is 1.16. The highest BCUT2D eigenvalue weighted by Gasteiger charge is 2.23. The van der Waals surface area contributed by atoms with Gasteiger partial charge < -0.3 is 24.4 Å².